The molecule has 9 heteroatoms. The van der Waals surface area contributed by atoms with E-state index in [0.717, 1.165) is 37.2 Å². The van der Waals surface area contributed by atoms with Gasteiger partial charge in [0.15, 0.2) is 0 Å². The van der Waals surface area contributed by atoms with Gasteiger partial charge in [0.25, 0.3) is 0 Å². The van der Waals surface area contributed by atoms with Crippen molar-refractivity contribution in [2.24, 2.45) is 5.92 Å². The highest BCUT2D eigenvalue weighted by atomic mass is 19.4. The summed E-state index contributed by atoms with van der Waals surface area (Å²) in [7, 11) is 0. The minimum absolute atomic E-state index is 0.142. The van der Waals surface area contributed by atoms with Crippen molar-refractivity contribution >= 4 is 11.9 Å². The Labute approximate surface area is 169 Å². The van der Waals surface area contributed by atoms with Gasteiger partial charge in [0, 0.05) is 26.2 Å². The number of carbonyl (C=O) groups is 2. The lowest BCUT2D eigenvalue weighted by Gasteiger charge is -2.21. The van der Waals surface area contributed by atoms with Gasteiger partial charge in [-0.05, 0) is 43.1 Å². The van der Waals surface area contributed by atoms with Crippen molar-refractivity contribution in [2.45, 2.75) is 33.0 Å². The Balaban J connectivity index is 1.77. The largest absolute Gasteiger partial charge is 0.416 e. The Kier molecular flexibility index (Phi) is 8.45. The van der Waals surface area contributed by atoms with Gasteiger partial charge in [0.05, 0.1) is 12.1 Å². The van der Waals surface area contributed by atoms with Crippen molar-refractivity contribution in [1.82, 2.24) is 20.4 Å². The van der Waals surface area contributed by atoms with Gasteiger partial charge < -0.3 is 5.32 Å². The second kappa shape index (κ2) is 10.6. The number of alkyl halides is 3. The SMILES string of the molecule is CC(C)CNC(=O)NC(=O)CN1CCCN(Cc2ccc(C(F)(F)F)cc2)CC1. The Hall–Kier alpha value is -2.13. The third kappa shape index (κ3) is 8.41. The molecule has 0 aromatic heterocycles. The zero-order valence-electron chi connectivity index (χ0n) is 16.9. The molecule has 6 nitrogen and oxygen atoms in total. The molecule has 3 amide bonds. The zero-order valence-corrected chi connectivity index (χ0v) is 16.9. The minimum Gasteiger partial charge on any atom is -0.338 e. The van der Waals surface area contributed by atoms with Crippen molar-refractivity contribution in [2.75, 3.05) is 39.3 Å². The number of hydrogen-bond acceptors (Lipinski definition) is 4. The van der Waals surface area contributed by atoms with Crippen LogP contribution in [0, 0.1) is 5.92 Å². The fourth-order valence-corrected chi connectivity index (χ4v) is 3.11. The Morgan fingerprint density at radius 1 is 1.03 bits per heavy atom. The third-order valence-corrected chi connectivity index (χ3v) is 4.66. The number of hydrogen-bond donors (Lipinski definition) is 2. The molecule has 1 heterocycles. The molecule has 0 radical (unpaired) electrons. The summed E-state index contributed by atoms with van der Waals surface area (Å²) in [6.07, 6.45) is -3.48. The number of halogens is 3. The van der Waals surface area contributed by atoms with Gasteiger partial charge >= 0.3 is 12.2 Å². The van der Waals surface area contributed by atoms with Gasteiger partial charge in [-0.15, -0.1) is 0 Å². The summed E-state index contributed by atoms with van der Waals surface area (Å²) in [5.41, 5.74) is 0.178. The monoisotopic (exact) mass is 414 g/mol. The predicted octanol–water partition coefficient (Wildman–Crippen LogP) is 2.69. The molecule has 1 aliphatic heterocycles. The Morgan fingerprint density at radius 3 is 2.28 bits per heavy atom. The van der Waals surface area contributed by atoms with E-state index in [0.29, 0.717) is 32.1 Å². The van der Waals surface area contributed by atoms with Crippen LogP contribution >= 0.6 is 0 Å². The first-order valence-corrected chi connectivity index (χ1v) is 9.82. The summed E-state index contributed by atoms with van der Waals surface area (Å²) in [5.74, 6) is -0.0421. The fourth-order valence-electron chi connectivity index (χ4n) is 3.11. The highest BCUT2D eigenvalue weighted by Crippen LogP contribution is 2.29. The smallest absolute Gasteiger partial charge is 0.338 e. The van der Waals surface area contributed by atoms with Crippen molar-refractivity contribution in [1.29, 1.82) is 0 Å². The summed E-state index contributed by atoms with van der Waals surface area (Å²) < 4.78 is 38.0. The molecule has 0 bridgehead atoms. The van der Waals surface area contributed by atoms with E-state index >= 15 is 0 Å². The van der Waals surface area contributed by atoms with E-state index in [2.05, 4.69) is 15.5 Å². The van der Waals surface area contributed by atoms with Crippen LogP contribution in [0.25, 0.3) is 0 Å². The first kappa shape index (κ1) is 23.2. The topological polar surface area (TPSA) is 64.7 Å². The molecule has 162 valence electrons. The number of benzene rings is 1. The van der Waals surface area contributed by atoms with Crippen LogP contribution in [0.2, 0.25) is 0 Å². The number of urea groups is 1. The van der Waals surface area contributed by atoms with Crippen LogP contribution in [0.15, 0.2) is 24.3 Å². The first-order chi connectivity index (χ1) is 13.6. The molecule has 0 aliphatic carbocycles. The Morgan fingerprint density at radius 2 is 1.66 bits per heavy atom. The highest BCUT2D eigenvalue weighted by Gasteiger charge is 2.30. The third-order valence-electron chi connectivity index (χ3n) is 4.66. The van der Waals surface area contributed by atoms with E-state index in [1.54, 1.807) is 0 Å². The van der Waals surface area contributed by atoms with Crippen LogP contribution in [0.1, 0.15) is 31.4 Å². The van der Waals surface area contributed by atoms with Crippen LogP contribution in [-0.4, -0.2) is 61.0 Å². The second-order valence-corrected chi connectivity index (χ2v) is 7.75. The molecule has 1 aliphatic rings. The molecule has 1 aromatic carbocycles. The quantitative estimate of drug-likeness (QED) is 0.751. The molecule has 0 spiro atoms. The predicted molar refractivity (Wildman–Crippen MR) is 104 cm³/mol. The molecule has 2 N–H and O–H groups in total. The number of rotatable bonds is 6. The summed E-state index contributed by atoms with van der Waals surface area (Å²) in [6, 6.07) is 4.74. The van der Waals surface area contributed by atoms with Crippen molar-refractivity contribution in [3.05, 3.63) is 35.4 Å². The lowest BCUT2D eigenvalue weighted by atomic mass is 10.1. The maximum absolute atomic E-state index is 12.7. The first-order valence-electron chi connectivity index (χ1n) is 9.82. The molecule has 1 saturated heterocycles. The molecular weight excluding hydrogens is 385 g/mol. The number of amides is 3. The summed E-state index contributed by atoms with van der Waals surface area (Å²) in [6.45, 7) is 8.03. The molecule has 0 saturated carbocycles. The lowest BCUT2D eigenvalue weighted by molar-refractivity contribution is -0.137. The van der Waals surface area contributed by atoms with E-state index in [1.807, 2.05) is 18.7 Å². The van der Waals surface area contributed by atoms with Crippen LogP contribution in [0.4, 0.5) is 18.0 Å². The molecule has 2 rings (SSSR count). The molecule has 0 unspecified atom stereocenters. The second-order valence-electron chi connectivity index (χ2n) is 7.75. The highest BCUT2D eigenvalue weighted by molar-refractivity contribution is 5.95. The molecular formula is C20H29F3N4O2. The average molecular weight is 414 g/mol. The van der Waals surface area contributed by atoms with Crippen molar-refractivity contribution in [3.8, 4) is 0 Å². The van der Waals surface area contributed by atoms with E-state index < -0.39 is 17.8 Å². The maximum Gasteiger partial charge on any atom is 0.416 e. The summed E-state index contributed by atoms with van der Waals surface area (Å²) in [4.78, 5) is 27.9. The molecule has 29 heavy (non-hydrogen) atoms. The molecule has 1 fully saturated rings. The van der Waals surface area contributed by atoms with E-state index in [1.165, 1.54) is 12.1 Å². The molecule has 0 atom stereocenters. The fraction of sp³-hybridized carbons (Fsp3) is 0.600. The van der Waals surface area contributed by atoms with Crippen LogP contribution < -0.4 is 10.6 Å². The van der Waals surface area contributed by atoms with Crippen LogP contribution in [0.5, 0.6) is 0 Å². The normalized spacial score (nSPS) is 16.5. The van der Waals surface area contributed by atoms with E-state index in [4.69, 9.17) is 0 Å². The number of imide groups is 1. The number of nitrogens with zero attached hydrogens (tertiary/aromatic N) is 2. The van der Waals surface area contributed by atoms with Gasteiger partial charge in [0.2, 0.25) is 5.91 Å². The maximum atomic E-state index is 12.7. The van der Waals surface area contributed by atoms with E-state index in [-0.39, 0.29) is 12.5 Å². The van der Waals surface area contributed by atoms with Gasteiger partial charge in [-0.25, -0.2) is 4.79 Å². The molecule has 1 aromatic rings. The van der Waals surface area contributed by atoms with Gasteiger partial charge in [-0.3, -0.25) is 19.9 Å². The summed E-state index contributed by atoms with van der Waals surface area (Å²) >= 11 is 0. The van der Waals surface area contributed by atoms with E-state index in [9.17, 15) is 22.8 Å². The van der Waals surface area contributed by atoms with Crippen LogP contribution in [-0.2, 0) is 17.5 Å². The van der Waals surface area contributed by atoms with Gasteiger partial charge in [-0.2, -0.15) is 13.2 Å². The van der Waals surface area contributed by atoms with Gasteiger partial charge in [0.1, 0.15) is 0 Å². The minimum atomic E-state index is -4.33. The average Bonchev–Trinajstić information content (AvgIpc) is 2.85. The standard InChI is InChI=1S/C20H29F3N4O2/c1-15(2)12-24-19(29)25-18(28)14-27-9-3-8-26(10-11-27)13-16-4-6-17(7-5-16)20(21,22)23/h4-7,15H,3,8-14H2,1-2H3,(H2,24,25,28,29). The lowest BCUT2D eigenvalue weighted by Crippen LogP contribution is -2.45. The van der Waals surface area contributed by atoms with Crippen molar-refractivity contribution < 1.29 is 22.8 Å². The Bertz CT molecular complexity index is 677. The zero-order chi connectivity index (χ0) is 21.4. The van der Waals surface area contributed by atoms with Crippen LogP contribution in [0.3, 0.4) is 0 Å². The summed E-state index contributed by atoms with van der Waals surface area (Å²) in [5, 5.41) is 4.98. The van der Waals surface area contributed by atoms with Gasteiger partial charge in [-0.1, -0.05) is 26.0 Å². The van der Waals surface area contributed by atoms with Crippen molar-refractivity contribution in [3.63, 3.8) is 0 Å². The number of carbonyl (C=O) groups excluding carboxylic acids is 2. The number of nitrogens with one attached hydrogen (secondary N) is 2.